The van der Waals surface area contributed by atoms with Crippen LogP contribution in [-0.2, 0) is 10.0 Å². The zero-order chi connectivity index (χ0) is 19.4. The van der Waals surface area contributed by atoms with Gasteiger partial charge in [-0.25, -0.2) is 8.42 Å². The van der Waals surface area contributed by atoms with Crippen LogP contribution >= 0.6 is 0 Å². The summed E-state index contributed by atoms with van der Waals surface area (Å²) >= 11 is 0. The van der Waals surface area contributed by atoms with Gasteiger partial charge in [0.2, 0.25) is 10.0 Å². The Kier molecular flexibility index (Phi) is 5.82. The van der Waals surface area contributed by atoms with Crippen molar-refractivity contribution in [2.45, 2.75) is 18.7 Å². The number of carbonyl (C=O) groups is 1. The second-order valence-electron chi connectivity index (χ2n) is 6.56. The van der Waals surface area contributed by atoms with Crippen molar-refractivity contribution in [2.75, 3.05) is 37.6 Å². The molecule has 0 saturated carbocycles. The van der Waals surface area contributed by atoms with E-state index in [4.69, 9.17) is 0 Å². The van der Waals surface area contributed by atoms with E-state index in [0.717, 1.165) is 11.3 Å². The number of rotatable bonds is 5. The van der Waals surface area contributed by atoms with Crippen LogP contribution in [0.15, 0.2) is 53.4 Å². The van der Waals surface area contributed by atoms with Crippen LogP contribution in [0.1, 0.15) is 22.8 Å². The second kappa shape index (κ2) is 8.10. The fourth-order valence-corrected chi connectivity index (χ4v) is 4.69. The molecule has 0 unspecified atom stereocenters. The summed E-state index contributed by atoms with van der Waals surface area (Å²) in [6.45, 7) is 6.25. The molecule has 2 aromatic carbocycles. The number of aryl methyl sites for hydroxylation is 1. The topological polar surface area (TPSA) is 69.7 Å². The van der Waals surface area contributed by atoms with E-state index in [1.54, 1.807) is 19.1 Å². The number of amides is 1. The summed E-state index contributed by atoms with van der Waals surface area (Å²) in [5.41, 5.74) is 2.26. The molecule has 0 aromatic heterocycles. The zero-order valence-corrected chi connectivity index (χ0v) is 16.5. The molecule has 0 bridgehead atoms. The van der Waals surface area contributed by atoms with E-state index in [-0.39, 0.29) is 10.8 Å². The largest absolute Gasteiger partial charge is 0.369 e. The number of sulfonamides is 1. The molecule has 1 aliphatic rings. The molecule has 0 atom stereocenters. The standard InChI is InChI=1S/C20H25N3O3S/c1-3-21-20(24)19-15-18(10-9-16(19)2)27(25,26)23-13-11-22(12-14-23)17-7-5-4-6-8-17/h4-10,15H,3,11-14H2,1-2H3,(H,21,24). The maximum atomic E-state index is 13.1. The Hall–Kier alpha value is -2.38. The predicted octanol–water partition coefficient (Wildman–Crippen LogP) is 2.26. The molecule has 2 aromatic rings. The monoisotopic (exact) mass is 387 g/mol. The van der Waals surface area contributed by atoms with Gasteiger partial charge in [0.1, 0.15) is 0 Å². The number of nitrogens with zero attached hydrogens (tertiary/aromatic N) is 2. The summed E-state index contributed by atoms with van der Waals surface area (Å²) in [4.78, 5) is 14.5. The van der Waals surface area contributed by atoms with Crippen molar-refractivity contribution in [3.8, 4) is 0 Å². The van der Waals surface area contributed by atoms with Gasteiger partial charge in [0.25, 0.3) is 5.91 Å². The normalized spacial score (nSPS) is 15.6. The van der Waals surface area contributed by atoms with Gasteiger partial charge in [-0.05, 0) is 43.7 Å². The molecule has 144 valence electrons. The van der Waals surface area contributed by atoms with E-state index in [1.807, 2.05) is 37.3 Å². The average Bonchev–Trinajstić information content (AvgIpc) is 2.69. The molecule has 0 radical (unpaired) electrons. The third-order valence-corrected chi connectivity index (χ3v) is 6.68. The molecule has 7 heteroatoms. The lowest BCUT2D eigenvalue weighted by atomic mass is 10.1. The van der Waals surface area contributed by atoms with Crippen molar-refractivity contribution in [1.29, 1.82) is 0 Å². The van der Waals surface area contributed by atoms with E-state index in [1.165, 1.54) is 10.4 Å². The molecule has 1 fully saturated rings. The number of para-hydroxylation sites is 1. The number of piperazine rings is 1. The number of hydrogen-bond acceptors (Lipinski definition) is 4. The van der Waals surface area contributed by atoms with Gasteiger partial charge in [-0.3, -0.25) is 4.79 Å². The van der Waals surface area contributed by atoms with Crippen molar-refractivity contribution in [2.24, 2.45) is 0 Å². The van der Waals surface area contributed by atoms with Crippen molar-refractivity contribution < 1.29 is 13.2 Å². The molecular weight excluding hydrogens is 362 g/mol. The zero-order valence-electron chi connectivity index (χ0n) is 15.7. The molecule has 6 nitrogen and oxygen atoms in total. The molecule has 0 spiro atoms. The van der Waals surface area contributed by atoms with Crippen LogP contribution in [0.3, 0.4) is 0 Å². The van der Waals surface area contributed by atoms with Gasteiger partial charge >= 0.3 is 0 Å². The minimum absolute atomic E-state index is 0.169. The Morgan fingerprint density at radius 2 is 1.70 bits per heavy atom. The van der Waals surface area contributed by atoms with E-state index >= 15 is 0 Å². The van der Waals surface area contributed by atoms with Crippen molar-refractivity contribution in [3.05, 3.63) is 59.7 Å². The highest BCUT2D eigenvalue weighted by atomic mass is 32.2. The SMILES string of the molecule is CCNC(=O)c1cc(S(=O)(=O)N2CCN(c3ccccc3)CC2)ccc1C. The first-order valence-electron chi connectivity index (χ1n) is 9.12. The van der Waals surface area contributed by atoms with Crippen molar-refractivity contribution in [3.63, 3.8) is 0 Å². The fourth-order valence-electron chi connectivity index (χ4n) is 3.24. The van der Waals surface area contributed by atoms with Gasteiger partial charge < -0.3 is 10.2 Å². The third-order valence-electron chi connectivity index (χ3n) is 4.79. The first kappa shape index (κ1) is 19.4. The van der Waals surface area contributed by atoms with E-state index < -0.39 is 10.0 Å². The third kappa shape index (κ3) is 4.14. The summed E-state index contributed by atoms with van der Waals surface area (Å²) < 4.78 is 27.6. The molecule has 1 heterocycles. The number of nitrogens with one attached hydrogen (secondary N) is 1. The van der Waals surface area contributed by atoms with Crippen molar-refractivity contribution in [1.82, 2.24) is 9.62 Å². The average molecular weight is 388 g/mol. The Bertz CT molecular complexity index is 905. The van der Waals surface area contributed by atoms with Crippen LogP contribution in [0.5, 0.6) is 0 Å². The predicted molar refractivity (Wildman–Crippen MR) is 107 cm³/mol. The lowest BCUT2D eigenvalue weighted by molar-refractivity contribution is 0.0955. The molecule has 1 amide bonds. The van der Waals surface area contributed by atoms with Crippen LogP contribution in [0.2, 0.25) is 0 Å². The molecule has 1 N–H and O–H groups in total. The molecule has 27 heavy (non-hydrogen) atoms. The van der Waals surface area contributed by atoms with Crippen LogP contribution in [0.4, 0.5) is 5.69 Å². The molecular formula is C20H25N3O3S. The maximum Gasteiger partial charge on any atom is 0.251 e. The van der Waals surface area contributed by atoms with Crippen LogP contribution in [-0.4, -0.2) is 51.4 Å². The highest BCUT2D eigenvalue weighted by Gasteiger charge is 2.29. The molecule has 3 rings (SSSR count). The van der Waals surface area contributed by atoms with Crippen LogP contribution in [0.25, 0.3) is 0 Å². The second-order valence-corrected chi connectivity index (χ2v) is 8.50. The number of carbonyl (C=O) groups excluding carboxylic acids is 1. The van der Waals surface area contributed by atoms with E-state index in [0.29, 0.717) is 38.3 Å². The number of anilines is 1. The first-order valence-corrected chi connectivity index (χ1v) is 10.6. The number of benzene rings is 2. The lowest BCUT2D eigenvalue weighted by Gasteiger charge is -2.35. The summed E-state index contributed by atoms with van der Waals surface area (Å²) in [6, 6.07) is 14.7. The summed E-state index contributed by atoms with van der Waals surface area (Å²) in [5, 5.41) is 2.73. The minimum atomic E-state index is -3.63. The Labute approximate surface area is 160 Å². The number of hydrogen-bond donors (Lipinski definition) is 1. The van der Waals surface area contributed by atoms with Gasteiger partial charge in [0, 0.05) is 44.0 Å². The van der Waals surface area contributed by atoms with Crippen molar-refractivity contribution >= 4 is 21.6 Å². The summed E-state index contributed by atoms with van der Waals surface area (Å²) in [7, 11) is -3.63. The van der Waals surface area contributed by atoms with Gasteiger partial charge in [0.15, 0.2) is 0 Å². The summed E-state index contributed by atoms with van der Waals surface area (Å²) in [6.07, 6.45) is 0. The smallest absolute Gasteiger partial charge is 0.251 e. The fraction of sp³-hybridized carbons (Fsp3) is 0.350. The molecule has 0 aliphatic carbocycles. The van der Waals surface area contributed by atoms with Gasteiger partial charge in [-0.1, -0.05) is 24.3 Å². The Balaban J connectivity index is 1.77. The first-order chi connectivity index (χ1) is 12.9. The van der Waals surface area contributed by atoms with Gasteiger partial charge in [-0.2, -0.15) is 4.31 Å². The summed E-state index contributed by atoms with van der Waals surface area (Å²) in [5.74, 6) is -0.249. The highest BCUT2D eigenvalue weighted by molar-refractivity contribution is 7.89. The van der Waals surface area contributed by atoms with Gasteiger partial charge in [0.05, 0.1) is 4.90 Å². The Morgan fingerprint density at radius 3 is 2.33 bits per heavy atom. The Morgan fingerprint density at radius 1 is 1.04 bits per heavy atom. The van der Waals surface area contributed by atoms with E-state index in [2.05, 4.69) is 10.2 Å². The lowest BCUT2D eigenvalue weighted by Crippen LogP contribution is -2.48. The van der Waals surface area contributed by atoms with E-state index in [9.17, 15) is 13.2 Å². The molecule has 1 aliphatic heterocycles. The maximum absolute atomic E-state index is 13.1. The quantitative estimate of drug-likeness (QED) is 0.854. The molecule has 1 saturated heterocycles. The van der Waals surface area contributed by atoms with Crippen LogP contribution < -0.4 is 10.2 Å². The van der Waals surface area contributed by atoms with Gasteiger partial charge in [-0.15, -0.1) is 0 Å². The highest BCUT2D eigenvalue weighted by Crippen LogP contribution is 2.23. The van der Waals surface area contributed by atoms with Crippen LogP contribution in [0, 0.1) is 6.92 Å². The minimum Gasteiger partial charge on any atom is -0.369 e.